The molecule has 1 aromatic heterocycles. The van der Waals surface area contributed by atoms with Crippen LogP contribution in [0.4, 0.5) is 0 Å². The van der Waals surface area contributed by atoms with Gasteiger partial charge in [-0.2, -0.15) is 0 Å². The zero-order valence-electron chi connectivity index (χ0n) is 11.6. The first-order valence-corrected chi connectivity index (χ1v) is 7.80. The minimum Gasteiger partial charge on any atom is -0.351 e. The molecule has 3 rings (SSSR count). The predicted molar refractivity (Wildman–Crippen MR) is 85.5 cm³/mol. The van der Waals surface area contributed by atoms with Crippen LogP contribution in [0.3, 0.4) is 0 Å². The lowest BCUT2D eigenvalue weighted by Crippen LogP contribution is -2.33. The van der Waals surface area contributed by atoms with Gasteiger partial charge in [0.05, 0.1) is 6.54 Å². The van der Waals surface area contributed by atoms with Gasteiger partial charge in [-0.3, -0.25) is 4.79 Å². The third kappa shape index (κ3) is 2.85. The molecule has 0 fully saturated rings. The predicted octanol–water partition coefficient (Wildman–Crippen LogP) is 2.13. The Balaban J connectivity index is 1.62. The van der Waals surface area contributed by atoms with Crippen LogP contribution in [0, 0.1) is 11.8 Å². The van der Waals surface area contributed by atoms with E-state index >= 15 is 0 Å². The van der Waals surface area contributed by atoms with E-state index < -0.39 is 0 Å². The molecule has 1 aromatic carbocycles. The Morgan fingerprint density at radius 3 is 3.05 bits per heavy atom. The average Bonchev–Trinajstić information content (AvgIpc) is 2.94. The number of thiophene rings is 1. The van der Waals surface area contributed by atoms with Crippen molar-refractivity contribution in [3.05, 3.63) is 57.3 Å². The van der Waals surface area contributed by atoms with E-state index in [1.165, 1.54) is 22.5 Å². The second kappa shape index (κ2) is 6.13. The lowest BCUT2D eigenvalue weighted by atomic mass is 9.77. The standard InChI is InChI=1S/C17H16N2OS/c18-8-3-5-12-7-9-21-16(12)17(20)19-11-14-10-13-4-1-2-6-15(13)14/h1-2,4,6-7,9,14H,8,10-11,18H2,(H,19,20). The topological polar surface area (TPSA) is 55.1 Å². The fraction of sp³-hybridized carbons (Fsp3) is 0.235. The quantitative estimate of drug-likeness (QED) is 0.853. The largest absolute Gasteiger partial charge is 0.351 e. The number of hydrogen-bond acceptors (Lipinski definition) is 3. The number of hydrogen-bond donors (Lipinski definition) is 2. The molecule has 1 aliphatic rings. The molecule has 0 saturated carbocycles. The van der Waals surface area contributed by atoms with Crippen molar-refractivity contribution < 1.29 is 4.79 Å². The highest BCUT2D eigenvalue weighted by Crippen LogP contribution is 2.34. The summed E-state index contributed by atoms with van der Waals surface area (Å²) >= 11 is 1.42. The summed E-state index contributed by atoms with van der Waals surface area (Å²) in [4.78, 5) is 12.9. The van der Waals surface area contributed by atoms with Gasteiger partial charge in [0, 0.05) is 18.0 Å². The Morgan fingerprint density at radius 1 is 1.38 bits per heavy atom. The molecule has 3 nitrogen and oxygen atoms in total. The van der Waals surface area contributed by atoms with E-state index in [2.05, 4.69) is 35.4 Å². The van der Waals surface area contributed by atoms with Gasteiger partial charge in [0.2, 0.25) is 0 Å². The third-order valence-electron chi connectivity index (χ3n) is 3.67. The van der Waals surface area contributed by atoms with Crippen LogP contribution in [0.5, 0.6) is 0 Å². The zero-order valence-corrected chi connectivity index (χ0v) is 12.4. The minimum atomic E-state index is -0.0456. The molecule has 0 aliphatic heterocycles. The molecule has 21 heavy (non-hydrogen) atoms. The maximum absolute atomic E-state index is 12.2. The normalized spacial score (nSPS) is 15.4. The number of amides is 1. The van der Waals surface area contributed by atoms with Gasteiger partial charge in [0.15, 0.2) is 0 Å². The van der Waals surface area contributed by atoms with Gasteiger partial charge >= 0.3 is 0 Å². The molecule has 3 N–H and O–H groups in total. The van der Waals surface area contributed by atoms with Crippen LogP contribution in [0.15, 0.2) is 35.7 Å². The van der Waals surface area contributed by atoms with E-state index in [1.54, 1.807) is 0 Å². The van der Waals surface area contributed by atoms with Gasteiger partial charge in [0.25, 0.3) is 5.91 Å². The summed E-state index contributed by atoms with van der Waals surface area (Å²) in [5.41, 5.74) is 8.88. The number of fused-ring (bicyclic) bond motifs is 1. The van der Waals surface area contributed by atoms with Gasteiger partial charge in [0.1, 0.15) is 4.88 Å². The van der Waals surface area contributed by atoms with Gasteiger partial charge in [-0.05, 0) is 29.0 Å². The molecule has 1 heterocycles. The van der Waals surface area contributed by atoms with Crippen molar-refractivity contribution in [2.45, 2.75) is 12.3 Å². The summed E-state index contributed by atoms with van der Waals surface area (Å²) in [6.45, 7) is 0.979. The number of nitrogens with two attached hydrogens (primary N) is 1. The fourth-order valence-electron chi connectivity index (χ4n) is 2.57. The highest BCUT2D eigenvalue weighted by Gasteiger charge is 2.26. The van der Waals surface area contributed by atoms with Gasteiger partial charge < -0.3 is 11.1 Å². The van der Waals surface area contributed by atoms with Crippen LogP contribution in [0.1, 0.15) is 32.3 Å². The molecule has 0 saturated heterocycles. The lowest BCUT2D eigenvalue weighted by molar-refractivity contribution is 0.0954. The maximum Gasteiger partial charge on any atom is 0.262 e. The Bertz CT molecular complexity index is 724. The van der Waals surface area contributed by atoms with E-state index in [9.17, 15) is 4.79 Å². The zero-order chi connectivity index (χ0) is 14.7. The first-order valence-electron chi connectivity index (χ1n) is 6.92. The fourth-order valence-corrected chi connectivity index (χ4v) is 3.34. The molecule has 1 atom stereocenters. The molecule has 1 amide bonds. The molecular weight excluding hydrogens is 280 g/mol. The molecule has 2 aromatic rings. The van der Waals surface area contributed by atoms with Crippen molar-refractivity contribution in [2.24, 2.45) is 5.73 Å². The van der Waals surface area contributed by atoms with E-state index in [-0.39, 0.29) is 5.91 Å². The Morgan fingerprint density at radius 2 is 2.24 bits per heavy atom. The second-order valence-electron chi connectivity index (χ2n) is 4.98. The van der Waals surface area contributed by atoms with Crippen LogP contribution < -0.4 is 11.1 Å². The monoisotopic (exact) mass is 296 g/mol. The number of nitrogens with one attached hydrogen (secondary N) is 1. The Kier molecular flexibility index (Phi) is 4.05. The van der Waals surface area contributed by atoms with Crippen LogP contribution in [0.2, 0.25) is 0 Å². The van der Waals surface area contributed by atoms with Gasteiger partial charge in [-0.15, -0.1) is 11.3 Å². The lowest BCUT2D eigenvalue weighted by Gasteiger charge is -2.30. The number of carbonyl (C=O) groups excluding carboxylic acids is 1. The van der Waals surface area contributed by atoms with E-state index in [0.717, 1.165) is 12.0 Å². The third-order valence-corrected chi connectivity index (χ3v) is 4.58. The van der Waals surface area contributed by atoms with Crippen LogP contribution in [-0.4, -0.2) is 19.0 Å². The smallest absolute Gasteiger partial charge is 0.262 e. The molecule has 1 aliphatic carbocycles. The number of benzene rings is 1. The van der Waals surface area contributed by atoms with Gasteiger partial charge in [-0.1, -0.05) is 36.1 Å². The van der Waals surface area contributed by atoms with Crippen molar-refractivity contribution >= 4 is 17.2 Å². The van der Waals surface area contributed by atoms with E-state index in [1.807, 2.05) is 17.5 Å². The molecular formula is C17H16N2OS. The first-order chi connectivity index (χ1) is 10.3. The van der Waals surface area contributed by atoms with Crippen LogP contribution >= 0.6 is 11.3 Å². The van der Waals surface area contributed by atoms with Crippen LogP contribution in [0.25, 0.3) is 0 Å². The molecule has 0 bridgehead atoms. The highest BCUT2D eigenvalue weighted by molar-refractivity contribution is 7.12. The summed E-state index contributed by atoms with van der Waals surface area (Å²) in [5.74, 6) is 6.12. The molecule has 1 unspecified atom stereocenters. The molecule has 0 radical (unpaired) electrons. The first kappa shape index (κ1) is 13.9. The molecule has 0 spiro atoms. The van der Waals surface area contributed by atoms with Gasteiger partial charge in [-0.25, -0.2) is 0 Å². The van der Waals surface area contributed by atoms with E-state index in [0.29, 0.717) is 23.9 Å². The summed E-state index contributed by atoms with van der Waals surface area (Å²) in [6, 6.07) is 10.3. The summed E-state index contributed by atoms with van der Waals surface area (Å²) < 4.78 is 0. The highest BCUT2D eigenvalue weighted by atomic mass is 32.1. The van der Waals surface area contributed by atoms with Crippen LogP contribution in [-0.2, 0) is 6.42 Å². The van der Waals surface area contributed by atoms with Crippen molar-refractivity contribution in [1.29, 1.82) is 0 Å². The molecule has 4 heteroatoms. The maximum atomic E-state index is 12.2. The minimum absolute atomic E-state index is 0.0456. The Hall–Kier alpha value is -2.09. The van der Waals surface area contributed by atoms with Crippen molar-refractivity contribution in [3.63, 3.8) is 0 Å². The second-order valence-corrected chi connectivity index (χ2v) is 5.90. The van der Waals surface area contributed by atoms with Crippen molar-refractivity contribution in [3.8, 4) is 11.8 Å². The number of rotatable bonds is 3. The SMILES string of the molecule is NCC#Cc1ccsc1C(=O)NCC1Cc2ccccc21. The van der Waals surface area contributed by atoms with E-state index in [4.69, 9.17) is 5.73 Å². The van der Waals surface area contributed by atoms with Crippen molar-refractivity contribution in [2.75, 3.05) is 13.1 Å². The van der Waals surface area contributed by atoms with Crippen molar-refractivity contribution in [1.82, 2.24) is 5.32 Å². The molecule has 106 valence electrons. The average molecular weight is 296 g/mol. The summed E-state index contributed by atoms with van der Waals surface area (Å²) in [5, 5.41) is 4.90. The Labute approximate surface area is 128 Å². The summed E-state index contributed by atoms with van der Waals surface area (Å²) in [7, 11) is 0. The number of carbonyl (C=O) groups is 1. The summed E-state index contributed by atoms with van der Waals surface area (Å²) in [6.07, 6.45) is 1.04.